The standard InChI is InChI=1S/C27H20FN3O/c28-19-8-1-5-17(13-19)15-31-16-22-21(20-9-2-6-18-7-4-12-29-27(18)20)14-25(32)30-23-10-3-11-24(31)26(22)23/h1-13,16,21H,14-15H2,(H,30,32)/t21-/m1/s1. The van der Waals surface area contributed by atoms with E-state index in [1.54, 1.807) is 18.3 Å². The largest absolute Gasteiger partial charge is 0.343 e. The van der Waals surface area contributed by atoms with E-state index >= 15 is 0 Å². The van der Waals surface area contributed by atoms with Gasteiger partial charge in [0.05, 0.1) is 16.7 Å². The molecule has 1 amide bonds. The number of aromatic nitrogens is 2. The quantitative estimate of drug-likeness (QED) is 0.397. The highest BCUT2D eigenvalue weighted by atomic mass is 19.1. The third-order valence-electron chi connectivity index (χ3n) is 6.26. The molecule has 1 N–H and O–H groups in total. The van der Waals surface area contributed by atoms with Crippen molar-refractivity contribution in [2.75, 3.05) is 5.32 Å². The summed E-state index contributed by atoms with van der Waals surface area (Å²) in [6.45, 7) is 0.548. The fraction of sp³-hybridized carbons (Fsp3) is 0.111. The summed E-state index contributed by atoms with van der Waals surface area (Å²) in [6, 6.07) is 22.7. The van der Waals surface area contributed by atoms with E-state index < -0.39 is 0 Å². The van der Waals surface area contributed by atoms with Gasteiger partial charge in [0.1, 0.15) is 5.82 Å². The Balaban J connectivity index is 1.58. The highest BCUT2D eigenvalue weighted by molar-refractivity contribution is 6.06. The molecule has 0 unspecified atom stereocenters. The number of para-hydroxylation sites is 1. The summed E-state index contributed by atoms with van der Waals surface area (Å²) < 4.78 is 15.9. The molecule has 3 heterocycles. The Morgan fingerprint density at radius 1 is 1.00 bits per heavy atom. The van der Waals surface area contributed by atoms with Crippen LogP contribution < -0.4 is 5.32 Å². The van der Waals surface area contributed by atoms with E-state index in [1.807, 2.05) is 42.5 Å². The highest BCUT2D eigenvalue weighted by Gasteiger charge is 2.29. The number of rotatable bonds is 3. The molecule has 6 rings (SSSR count). The minimum atomic E-state index is -0.243. The van der Waals surface area contributed by atoms with Crippen LogP contribution in [0, 0.1) is 5.82 Å². The number of anilines is 1. The zero-order valence-corrected chi connectivity index (χ0v) is 17.3. The fourth-order valence-electron chi connectivity index (χ4n) is 4.90. The van der Waals surface area contributed by atoms with Crippen LogP contribution in [0.1, 0.15) is 29.0 Å². The summed E-state index contributed by atoms with van der Waals surface area (Å²) >= 11 is 0. The maximum atomic E-state index is 13.8. The summed E-state index contributed by atoms with van der Waals surface area (Å²) in [5.74, 6) is -0.384. The number of hydrogen-bond donors (Lipinski definition) is 1. The van der Waals surface area contributed by atoms with Crippen molar-refractivity contribution >= 4 is 33.4 Å². The van der Waals surface area contributed by atoms with Crippen LogP contribution in [0.15, 0.2) is 85.2 Å². The second kappa shape index (κ2) is 7.31. The highest BCUT2D eigenvalue weighted by Crippen LogP contribution is 2.42. The molecule has 156 valence electrons. The number of benzene rings is 3. The van der Waals surface area contributed by atoms with Crippen LogP contribution in [0.2, 0.25) is 0 Å². The lowest BCUT2D eigenvalue weighted by atomic mass is 9.87. The molecular weight excluding hydrogens is 401 g/mol. The SMILES string of the molecule is O=C1C[C@H](c2cccc3cccnc23)c2cn(Cc3cccc(F)c3)c3cccc(c23)N1. The maximum Gasteiger partial charge on any atom is 0.225 e. The molecular formula is C27H20FN3O. The van der Waals surface area contributed by atoms with E-state index in [1.165, 1.54) is 6.07 Å². The number of carbonyl (C=O) groups is 1. The number of amides is 1. The smallest absolute Gasteiger partial charge is 0.225 e. The third kappa shape index (κ3) is 3.05. The van der Waals surface area contributed by atoms with Gasteiger partial charge in [-0.15, -0.1) is 0 Å². The van der Waals surface area contributed by atoms with Gasteiger partial charge in [-0.25, -0.2) is 4.39 Å². The Hall–Kier alpha value is -3.99. The molecule has 4 nitrogen and oxygen atoms in total. The average Bonchev–Trinajstić information content (AvgIpc) is 3.09. The van der Waals surface area contributed by atoms with E-state index in [0.717, 1.165) is 44.2 Å². The molecule has 5 heteroatoms. The monoisotopic (exact) mass is 421 g/mol. The van der Waals surface area contributed by atoms with Crippen LogP contribution >= 0.6 is 0 Å². The van der Waals surface area contributed by atoms with Crippen molar-refractivity contribution < 1.29 is 9.18 Å². The summed E-state index contributed by atoms with van der Waals surface area (Å²) in [7, 11) is 0. The van der Waals surface area contributed by atoms with Crippen LogP contribution in [0.3, 0.4) is 0 Å². The van der Waals surface area contributed by atoms with Crippen LogP contribution in [-0.2, 0) is 11.3 Å². The molecule has 1 atom stereocenters. The van der Waals surface area contributed by atoms with Gasteiger partial charge in [-0.3, -0.25) is 9.78 Å². The van der Waals surface area contributed by atoms with Crippen LogP contribution in [0.25, 0.3) is 21.8 Å². The number of nitrogens with zero attached hydrogens (tertiary/aromatic N) is 2. The van der Waals surface area contributed by atoms with Crippen LogP contribution in [0.5, 0.6) is 0 Å². The Morgan fingerprint density at radius 3 is 2.75 bits per heavy atom. The molecule has 0 bridgehead atoms. The van der Waals surface area contributed by atoms with Gasteiger partial charge < -0.3 is 9.88 Å². The van der Waals surface area contributed by atoms with Crippen molar-refractivity contribution in [2.24, 2.45) is 0 Å². The predicted molar refractivity (Wildman–Crippen MR) is 124 cm³/mol. The van der Waals surface area contributed by atoms with Gasteiger partial charge in [-0.2, -0.15) is 0 Å². The first-order chi connectivity index (χ1) is 15.7. The van der Waals surface area contributed by atoms with Gasteiger partial charge in [0.25, 0.3) is 0 Å². The molecule has 0 spiro atoms. The van der Waals surface area contributed by atoms with Crippen molar-refractivity contribution in [2.45, 2.75) is 18.9 Å². The Kier molecular flexibility index (Phi) is 4.28. The molecule has 0 aliphatic carbocycles. The topological polar surface area (TPSA) is 46.9 Å². The Bertz CT molecular complexity index is 1500. The number of hydrogen-bond acceptors (Lipinski definition) is 2. The lowest BCUT2D eigenvalue weighted by molar-refractivity contribution is -0.116. The van der Waals surface area contributed by atoms with Crippen molar-refractivity contribution in [3.8, 4) is 0 Å². The first-order valence-corrected chi connectivity index (χ1v) is 10.7. The van der Waals surface area contributed by atoms with E-state index in [-0.39, 0.29) is 17.6 Å². The Labute approximate surface area is 184 Å². The van der Waals surface area contributed by atoms with Crippen LogP contribution in [0.4, 0.5) is 10.1 Å². The van der Waals surface area contributed by atoms with Gasteiger partial charge in [0.15, 0.2) is 0 Å². The van der Waals surface area contributed by atoms with E-state index in [0.29, 0.717) is 13.0 Å². The molecule has 1 aliphatic rings. The molecule has 0 saturated carbocycles. The van der Waals surface area contributed by atoms with Gasteiger partial charge >= 0.3 is 0 Å². The molecule has 5 aromatic rings. The second-order valence-corrected chi connectivity index (χ2v) is 8.27. The van der Waals surface area contributed by atoms with E-state index in [9.17, 15) is 9.18 Å². The second-order valence-electron chi connectivity index (χ2n) is 8.27. The van der Waals surface area contributed by atoms with Crippen LogP contribution in [-0.4, -0.2) is 15.5 Å². The van der Waals surface area contributed by atoms with Gasteiger partial charge in [-0.05, 0) is 47.0 Å². The van der Waals surface area contributed by atoms with Crippen molar-refractivity contribution in [3.05, 3.63) is 108 Å². The summed E-state index contributed by atoms with van der Waals surface area (Å²) in [5.41, 5.74) is 5.77. The molecule has 0 radical (unpaired) electrons. The number of fused-ring (bicyclic) bond motifs is 1. The number of nitrogens with one attached hydrogen (secondary N) is 1. The summed E-state index contributed by atoms with van der Waals surface area (Å²) in [4.78, 5) is 17.5. The lowest BCUT2D eigenvalue weighted by Crippen LogP contribution is -2.14. The third-order valence-corrected chi connectivity index (χ3v) is 6.26. The van der Waals surface area contributed by atoms with Crippen molar-refractivity contribution in [1.82, 2.24) is 9.55 Å². The van der Waals surface area contributed by atoms with E-state index in [4.69, 9.17) is 0 Å². The average molecular weight is 421 g/mol. The first kappa shape index (κ1) is 18.8. The normalized spacial score (nSPS) is 15.7. The predicted octanol–water partition coefficient (Wildman–Crippen LogP) is 5.85. The molecule has 3 aromatic carbocycles. The first-order valence-electron chi connectivity index (χ1n) is 10.7. The molecule has 32 heavy (non-hydrogen) atoms. The minimum absolute atomic E-state index is 0.0108. The zero-order chi connectivity index (χ0) is 21.7. The van der Waals surface area contributed by atoms with Crippen molar-refractivity contribution in [1.29, 1.82) is 0 Å². The van der Waals surface area contributed by atoms with Gasteiger partial charge in [0, 0.05) is 42.0 Å². The van der Waals surface area contributed by atoms with E-state index in [2.05, 4.69) is 33.2 Å². The molecule has 2 aromatic heterocycles. The minimum Gasteiger partial charge on any atom is -0.343 e. The molecule has 0 saturated heterocycles. The molecule has 0 fully saturated rings. The Morgan fingerprint density at radius 2 is 1.84 bits per heavy atom. The zero-order valence-electron chi connectivity index (χ0n) is 17.3. The number of halogens is 1. The molecule has 1 aliphatic heterocycles. The van der Waals surface area contributed by atoms with Gasteiger partial charge in [-0.1, -0.05) is 42.5 Å². The maximum absolute atomic E-state index is 13.8. The number of carbonyl (C=O) groups excluding carboxylic acids is 1. The van der Waals surface area contributed by atoms with Gasteiger partial charge in [0.2, 0.25) is 5.91 Å². The summed E-state index contributed by atoms with van der Waals surface area (Å²) in [6.07, 6.45) is 4.25. The fourth-order valence-corrected chi connectivity index (χ4v) is 4.90. The number of pyridine rings is 1. The summed E-state index contributed by atoms with van der Waals surface area (Å²) in [5, 5.41) is 5.18. The lowest BCUT2D eigenvalue weighted by Gasteiger charge is -2.16. The van der Waals surface area contributed by atoms with Crippen molar-refractivity contribution in [3.63, 3.8) is 0 Å².